The van der Waals surface area contributed by atoms with Gasteiger partial charge in [-0.05, 0) is 6.07 Å². The molecule has 0 spiro atoms. The molecule has 0 aliphatic rings. The van der Waals surface area contributed by atoms with E-state index in [1.54, 1.807) is 12.4 Å². The standard InChI is InChI=1S/C7H3N3S/c8-3-7-10-5-4-9-2-1-6(5)11-7/h1-2,4H. The second kappa shape index (κ2) is 2.29. The highest BCUT2D eigenvalue weighted by molar-refractivity contribution is 7.19. The van der Waals surface area contributed by atoms with Gasteiger partial charge < -0.3 is 0 Å². The molecule has 11 heavy (non-hydrogen) atoms. The van der Waals surface area contributed by atoms with Gasteiger partial charge in [-0.15, -0.1) is 11.3 Å². The lowest BCUT2D eigenvalue weighted by atomic mass is 10.5. The molecule has 0 aliphatic heterocycles. The summed E-state index contributed by atoms with van der Waals surface area (Å²) in [6.07, 6.45) is 3.36. The number of rotatable bonds is 0. The second-order valence-corrected chi connectivity index (χ2v) is 3.00. The Hall–Kier alpha value is -1.47. The first-order valence-corrected chi connectivity index (χ1v) is 3.82. The van der Waals surface area contributed by atoms with Gasteiger partial charge in [0.1, 0.15) is 11.6 Å². The molecule has 2 aromatic heterocycles. The minimum Gasteiger partial charge on any atom is -0.262 e. The highest BCUT2D eigenvalue weighted by atomic mass is 32.1. The fourth-order valence-electron chi connectivity index (χ4n) is 0.828. The summed E-state index contributed by atoms with van der Waals surface area (Å²) in [5.74, 6) is 0. The maximum absolute atomic E-state index is 8.52. The average Bonchev–Trinajstić information content (AvgIpc) is 2.46. The number of fused-ring (bicyclic) bond motifs is 1. The van der Waals surface area contributed by atoms with Gasteiger partial charge in [0, 0.05) is 6.20 Å². The van der Waals surface area contributed by atoms with E-state index in [4.69, 9.17) is 5.26 Å². The fraction of sp³-hybridized carbons (Fsp3) is 0. The van der Waals surface area contributed by atoms with Gasteiger partial charge in [0.15, 0.2) is 5.01 Å². The molecule has 0 fully saturated rings. The van der Waals surface area contributed by atoms with Crippen LogP contribution >= 0.6 is 11.3 Å². The predicted molar refractivity (Wildman–Crippen MR) is 42.1 cm³/mol. The molecule has 4 heteroatoms. The number of aromatic nitrogens is 2. The Labute approximate surface area is 67.0 Å². The lowest BCUT2D eigenvalue weighted by molar-refractivity contribution is 1.32. The van der Waals surface area contributed by atoms with E-state index in [0.29, 0.717) is 5.01 Å². The van der Waals surface area contributed by atoms with Crippen molar-refractivity contribution in [3.05, 3.63) is 23.5 Å². The van der Waals surface area contributed by atoms with Crippen LogP contribution in [0.5, 0.6) is 0 Å². The lowest BCUT2D eigenvalue weighted by Gasteiger charge is -1.79. The normalized spacial score (nSPS) is 9.73. The van der Waals surface area contributed by atoms with E-state index in [1.807, 2.05) is 12.1 Å². The highest BCUT2D eigenvalue weighted by Gasteiger charge is 2.00. The molecule has 0 amide bonds. The van der Waals surface area contributed by atoms with Crippen molar-refractivity contribution in [2.45, 2.75) is 0 Å². The average molecular weight is 161 g/mol. The van der Waals surface area contributed by atoms with E-state index < -0.39 is 0 Å². The van der Waals surface area contributed by atoms with E-state index in [-0.39, 0.29) is 0 Å². The summed E-state index contributed by atoms with van der Waals surface area (Å²) >= 11 is 1.39. The topological polar surface area (TPSA) is 49.6 Å². The summed E-state index contributed by atoms with van der Waals surface area (Å²) in [6.45, 7) is 0. The predicted octanol–water partition coefficient (Wildman–Crippen LogP) is 1.56. The zero-order chi connectivity index (χ0) is 7.68. The quantitative estimate of drug-likeness (QED) is 0.589. The molecular formula is C7H3N3S. The molecule has 0 saturated carbocycles. The number of nitriles is 1. The van der Waals surface area contributed by atoms with Gasteiger partial charge in [-0.3, -0.25) is 4.98 Å². The monoisotopic (exact) mass is 161 g/mol. The molecule has 0 atom stereocenters. The molecule has 0 bridgehead atoms. The van der Waals surface area contributed by atoms with Crippen molar-refractivity contribution in [1.29, 1.82) is 5.26 Å². The Bertz CT molecular complexity index is 393. The van der Waals surface area contributed by atoms with Crippen LogP contribution < -0.4 is 0 Å². The van der Waals surface area contributed by atoms with Crippen molar-refractivity contribution in [3.8, 4) is 6.07 Å². The van der Waals surface area contributed by atoms with E-state index in [2.05, 4.69) is 9.97 Å². The van der Waals surface area contributed by atoms with Gasteiger partial charge in [0.25, 0.3) is 0 Å². The van der Waals surface area contributed by atoms with Crippen molar-refractivity contribution in [2.24, 2.45) is 0 Å². The van der Waals surface area contributed by atoms with Crippen molar-refractivity contribution >= 4 is 21.6 Å². The Kier molecular flexibility index (Phi) is 1.30. The molecule has 2 aromatic rings. The third-order valence-corrected chi connectivity index (χ3v) is 2.23. The lowest BCUT2D eigenvalue weighted by Crippen LogP contribution is -1.70. The Morgan fingerprint density at radius 3 is 3.18 bits per heavy atom. The summed E-state index contributed by atoms with van der Waals surface area (Å²) in [4.78, 5) is 7.92. The Morgan fingerprint density at radius 2 is 2.45 bits per heavy atom. The molecular weight excluding hydrogens is 158 g/mol. The van der Waals surface area contributed by atoms with Crippen LogP contribution in [0.15, 0.2) is 18.5 Å². The van der Waals surface area contributed by atoms with Gasteiger partial charge in [0.05, 0.1) is 10.9 Å². The van der Waals surface area contributed by atoms with Crippen LogP contribution in [0.1, 0.15) is 5.01 Å². The first-order chi connectivity index (χ1) is 5.40. The first kappa shape index (κ1) is 6.25. The van der Waals surface area contributed by atoms with Gasteiger partial charge in [-0.2, -0.15) is 5.26 Å². The van der Waals surface area contributed by atoms with Crippen molar-refractivity contribution in [2.75, 3.05) is 0 Å². The maximum Gasteiger partial charge on any atom is 0.195 e. The van der Waals surface area contributed by atoms with Crippen molar-refractivity contribution in [3.63, 3.8) is 0 Å². The first-order valence-electron chi connectivity index (χ1n) is 3.01. The second-order valence-electron chi connectivity index (χ2n) is 1.97. The third-order valence-electron chi connectivity index (χ3n) is 1.29. The van der Waals surface area contributed by atoms with E-state index in [1.165, 1.54) is 11.3 Å². The zero-order valence-electron chi connectivity index (χ0n) is 5.48. The van der Waals surface area contributed by atoms with Gasteiger partial charge >= 0.3 is 0 Å². The van der Waals surface area contributed by atoms with E-state index in [0.717, 1.165) is 10.2 Å². The van der Waals surface area contributed by atoms with Crippen LogP contribution in [0.25, 0.3) is 10.2 Å². The highest BCUT2D eigenvalue weighted by Crippen LogP contribution is 2.19. The molecule has 0 aromatic carbocycles. The number of hydrogen-bond acceptors (Lipinski definition) is 4. The molecule has 2 heterocycles. The largest absolute Gasteiger partial charge is 0.262 e. The van der Waals surface area contributed by atoms with Gasteiger partial charge in [-0.1, -0.05) is 0 Å². The van der Waals surface area contributed by atoms with Crippen molar-refractivity contribution < 1.29 is 0 Å². The van der Waals surface area contributed by atoms with Crippen LogP contribution in [0.4, 0.5) is 0 Å². The van der Waals surface area contributed by atoms with Gasteiger partial charge in [-0.25, -0.2) is 4.98 Å². The van der Waals surface area contributed by atoms with Crippen LogP contribution in [0.2, 0.25) is 0 Å². The molecule has 3 nitrogen and oxygen atoms in total. The molecule has 52 valence electrons. The van der Waals surface area contributed by atoms with Gasteiger partial charge in [0.2, 0.25) is 0 Å². The molecule has 2 rings (SSSR count). The Balaban J connectivity index is 2.81. The molecule has 0 aliphatic carbocycles. The third kappa shape index (κ3) is 0.954. The maximum atomic E-state index is 8.52. The molecule has 0 radical (unpaired) electrons. The number of hydrogen-bond donors (Lipinski definition) is 0. The number of nitrogens with zero attached hydrogens (tertiary/aromatic N) is 3. The van der Waals surface area contributed by atoms with Crippen LogP contribution in [0.3, 0.4) is 0 Å². The summed E-state index contributed by atoms with van der Waals surface area (Å²) < 4.78 is 1.01. The summed E-state index contributed by atoms with van der Waals surface area (Å²) in [5, 5.41) is 9.01. The van der Waals surface area contributed by atoms with Crippen LogP contribution in [-0.4, -0.2) is 9.97 Å². The smallest absolute Gasteiger partial charge is 0.195 e. The molecule has 0 saturated heterocycles. The summed E-state index contributed by atoms with van der Waals surface area (Å²) in [6, 6.07) is 3.85. The molecule has 0 N–H and O–H groups in total. The van der Waals surface area contributed by atoms with Crippen molar-refractivity contribution in [1.82, 2.24) is 9.97 Å². The zero-order valence-corrected chi connectivity index (χ0v) is 6.30. The number of pyridine rings is 1. The summed E-state index contributed by atoms with van der Waals surface area (Å²) in [5.41, 5.74) is 0.800. The van der Waals surface area contributed by atoms with E-state index in [9.17, 15) is 0 Å². The Morgan fingerprint density at radius 1 is 1.55 bits per heavy atom. The van der Waals surface area contributed by atoms with E-state index >= 15 is 0 Å². The minimum atomic E-state index is 0.494. The fourth-order valence-corrected chi connectivity index (χ4v) is 1.56. The number of thiazole rings is 1. The summed E-state index contributed by atoms with van der Waals surface area (Å²) in [7, 11) is 0. The SMILES string of the molecule is N#Cc1nc2cnccc2s1. The van der Waals surface area contributed by atoms with Crippen LogP contribution in [-0.2, 0) is 0 Å². The van der Waals surface area contributed by atoms with Crippen LogP contribution in [0, 0.1) is 11.3 Å². The molecule has 0 unspecified atom stereocenters. The minimum absolute atomic E-state index is 0.494.